The van der Waals surface area contributed by atoms with Gasteiger partial charge in [-0.1, -0.05) is 23.7 Å². The van der Waals surface area contributed by atoms with Crippen molar-refractivity contribution in [2.24, 2.45) is 0 Å². The van der Waals surface area contributed by atoms with Crippen molar-refractivity contribution in [3.8, 4) is 0 Å². The van der Waals surface area contributed by atoms with E-state index in [-0.39, 0.29) is 11.0 Å². The van der Waals surface area contributed by atoms with Gasteiger partial charge in [0, 0.05) is 0 Å². The fourth-order valence-corrected chi connectivity index (χ4v) is 2.49. The van der Waals surface area contributed by atoms with Crippen LogP contribution >= 0.6 is 11.6 Å². The first-order valence-corrected chi connectivity index (χ1v) is 7.40. The number of rotatable bonds is 4. The molecule has 20 heavy (non-hydrogen) atoms. The topological polar surface area (TPSA) is 109 Å². The van der Waals surface area contributed by atoms with Gasteiger partial charge in [0.05, 0.1) is 11.0 Å². The number of para-hydroxylation sites is 2. The number of carboxylic acids is 1. The lowest BCUT2D eigenvalue weighted by Gasteiger charge is -2.11. The fraction of sp³-hybridized carbons (Fsp3) is 0.182. The molecule has 1 unspecified atom stereocenters. The van der Waals surface area contributed by atoms with Crippen molar-refractivity contribution in [1.29, 1.82) is 0 Å². The number of halogens is 1. The van der Waals surface area contributed by atoms with Gasteiger partial charge in [0.25, 0.3) is 0 Å². The number of aliphatic carboxylic acids is 1. The van der Waals surface area contributed by atoms with E-state index in [4.69, 9.17) is 16.7 Å². The van der Waals surface area contributed by atoms with Crippen LogP contribution in [-0.4, -0.2) is 34.7 Å². The largest absolute Gasteiger partial charge is 0.480 e. The van der Waals surface area contributed by atoms with Crippen molar-refractivity contribution in [2.45, 2.75) is 12.2 Å². The summed E-state index contributed by atoms with van der Waals surface area (Å²) in [6.07, 6.45) is 0. The van der Waals surface area contributed by atoms with Crippen molar-refractivity contribution in [3.05, 3.63) is 29.4 Å². The maximum absolute atomic E-state index is 11.8. The Balaban J connectivity index is 2.44. The zero-order chi connectivity index (χ0) is 14.9. The zero-order valence-electron chi connectivity index (χ0n) is 10.2. The molecule has 1 atom stereocenters. The summed E-state index contributed by atoms with van der Waals surface area (Å²) in [7, 11) is -4.14. The van der Waals surface area contributed by atoms with Gasteiger partial charge < -0.3 is 5.11 Å². The Morgan fingerprint density at radius 3 is 2.40 bits per heavy atom. The molecule has 0 saturated heterocycles. The Bertz CT molecular complexity index is 778. The number of hydrogen-bond acceptors (Lipinski definition) is 5. The Kier molecular flexibility index (Phi) is 3.78. The van der Waals surface area contributed by atoms with Crippen LogP contribution in [0.5, 0.6) is 0 Å². The van der Waals surface area contributed by atoms with Gasteiger partial charge in [0.1, 0.15) is 0 Å². The lowest BCUT2D eigenvalue weighted by molar-refractivity contribution is -0.136. The first-order valence-electron chi connectivity index (χ1n) is 5.48. The molecule has 2 N–H and O–H groups in total. The van der Waals surface area contributed by atoms with Crippen LogP contribution in [0, 0.1) is 0 Å². The first-order chi connectivity index (χ1) is 9.31. The minimum Gasteiger partial charge on any atom is -0.480 e. The summed E-state index contributed by atoms with van der Waals surface area (Å²) >= 11 is 5.85. The molecule has 0 aliphatic rings. The fourth-order valence-electron chi connectivity index (χ4n) is 1.40. The molecule has 0 bridgehead atoms. The van der Waals surface area contributed by atoms with Gasteiger partial charge in [-0.2, -0.15) is 0 Å². The van der Waals surface area contributed by atoms with Crippen LogP contribution in [0.1, 0.15) is 6.92 Å². The van der Waals surface area contributed by atoms with E-state index in [1.807, 2.05) is 4.72 Å². The maximum Gasteiger partial charge on any atom is 0.323 e. The van der Waals surface area contributed by atoms with Gasteiger partial charge in [-0.3, -0.25) is 9.52 Å². The van der Waals surface area contributed by atoms with Gasteiger partial charge in [0.2, 0.25) is 10.0 Å². The highest BCUT2D eigenvalue weighted by Crippen LogP contribution is 2.22. The molecule has 0 radical (unpaired) electrons. The monoisotopic (exact) mass is 315 g/mol. The SMILES string of the molecule is CC(C(=O)O)S(=O)(=O)Nc1nc2ccccc2nc1Cl. The Morgan fingerprint density at radius 2 is 1.85 bits per heavy atom. The van der Waals surface area contributed by atoms with Crippen LogP contribution in [0.3, 0.4) is 0 Å². The first kappa shape index (κ1) is 14.5. The third-order valence-corrected chi connectivity index (χ3v) is 4.45. The Labute approximate surface area is 119 Å². The molecule has 1 aromatic heterocycles. The predicted molar refractivity (Wildman–Crippen MR) is 74.2 cm³/mol. The van der Waals surface area contributed by atoms with E-state index in [0.29, 0.717) is 11.0 Å². The Morgan fingerprint density at radius 1 is 1.30 bits per heavy atom. The van der Waals surface area contributed by atoms with Crippen molar-refractivity contribution >= 4 is 44.4 Å². The van der Waals surface area contributed by atoms with Crippen molar-refractivity contribution in [3.63, 3.8) is 0 Å². The number of hydrogen-bond donors (Lipinski definition) is 2. The molecule has 9 heteroatoms. The summed E-state index contributed by atoms with van der Waals surface area (Å²) in [6, 6.07) is 6.76. The van der Waals surface area contributed by atoms with Crippen LogP contribution in [-0.2, 0) is 14.8 Å². The molecular weight excluding hydrogens is 306 g/mol. The number of anilines is 1. The quantitative estimate of drug-likeness (QED) is 0.884. The van der Waals surface area contributed by atoms with E-state index in [1.165, 1.54) is 0 Å². The molecule has 0 amide bonds. The average Bonchev–Trinajstić information content (AvgIpc) is 2.38. The standard InChI is InChI=1S/C11H10ClN3O4S/c1-6(11(16)17)20(18,19)15-10-9(12)13-7-4-2-3-5-8(7)14-10/h2-6H,1H3,(H,14,15)(H,16,17). The molecule has 0 spiro atoms. The van der Waals surface area contributed by atoms with Gasteiger partial charge in [0.15, 0.2) is 16.2 Å². The van der Waals surface area contributed by atoms with Crippen molar-refractivity contribution in [2.75, 3.05) is 4.72 Å². The summed E-state index contributed by atoms with van der Waals surface area (Å²) in [5.74, 6) is -1.67. The second-order valence-electron chi connectivity index (χ2n) is 3.98. The predicted octanol–water partition coefficient (Wildman–Crippen LogP) is 1.50. The molecule has 1 heterocycles. The summed E-state index contributed by atoms with van der Waals surface area (Å²) < 4.78 is 25.7. The van der Waals surface area contributed by atoms with Crippen LogP contribution in [0.25, 0.3) is 11.0 Å². The summed E-state index contributed by atoms with van der Waals surface area (Å²) in [5.41, 5.74) is 0.948. The molecule has 0 saturated carbocycles. The number of carbonyl (C=O) groups is 1. The molecule has 2 aromatic rings. The van der Waals surface area contributed by atoms with Crippen molar-refractivity contribution < 1.29 is 18.3 Å². The number of fused-ring (bicyclic) bond motifs is 1. The average molecular weight is 316 g/mol. The molecule has 0 aliphatic heterocycles. The van der Waals surface area contributed by atoms with E-state index >= 15 is 0 Å². The molecule has 7 nitrogen and oxygen atoms in total. The summed E-state index contributed by atoms with van der Waals surface area (Å²) in [6.45, 7) is 1.05. The van der Waals surface area contributed by atoms with E-state index in [1.54, 1.807) is 24.3 Å². The smallest absolute Gasteiger partial charge is 0.323 e. The third-order valence-electron chi connectivity index (χ3n) is 2.58. The molecular formula is C11H10ClN3O4S. The number of sulfonamides is 1. The van der Waals surface area contributed by atoms with Gasteiger partial charge in [-0.25, -0.2) is 18.4 Å². The number of nitrogens with one attached hydrogen (secondary N) is 1. The maximum atomic E-state index is 11.8. The van der Waals surface area contributed by atoms with E-state index in [9.17, 15) is 13.2 Å². The van der Waals surface area contributed by atoms with Crippen LogP contribution < -0.4 is 4.72 Å². The summed E-state index contributed by atoms with van der Waals surface area (Å²) in [5, 5.41) is 6.97. The summed E-state index contributed by atoms with van der Waals surface area (Å²) in [4.78, 5) is 18.8. The lowest BCUT2D eigenvalue weighted by atomic mass is 10.3. The van der Waals surface area contributed by atoms with Gasteiger partial charge in [-0.15, -0.1) is 0 Å². The zero-order valence-corrected chi connectivity index (χ0v) is 11.8. The van der Waals surface area contributed by atoms with Crippen molar-refractivity contribution in [1.82, 2.24) is 9.97 Å². The normalized spacial score (nSPS) is 13.1. The number of aromatic nitrogens is 2. The Hall–Kier alpha value is -1.93. The molecule has 2 rings (SSSR count). The van der Waals surface area contributed by atoms with E-state index in [0.717, 1.165) is 6.92 Å². The third kappa shape index (κ3) is 2.81. The molecule has 0 fully saturated rings. The van der Waals surface area contributed by atoms with E-state index in [2.05, 4.69) is 9.97 Å². The second kappa shape index (κ2) is 5.22. The van der Waals surface area contributed by atoms with Crippen LogP contribution in [0.4, 0.5) is 5.82 Å². The highest BCUT2D eigenvalue weighted by Gasteiger charge is 2.28. The minimum absolute atomic E-state index is 0.148. The number of nitrogens with zero attached hydrogens (tertiary/aromatic N) is 2. The lowest BCUT2D eigenvalue weighted by Crippen LogP contribution is -2.32. The second-order valence-corrected chi connectivity index (χ2v) is 6.34. The number of benzene rings is 1. The van der Waals surface area contributed by atoms with Gasteiger partial charge >= 0.3 is 5.97 Å². The molecule has 0 aliphatic carbocycles. The molecule has 106 valence electrons. The highest BCUT2D eigenvalue weighted by molar-refractivity contribution is 7.94. The van der Waals surface area contributed by atoms with Crippen LogP contribution in [0.2, 0.25) is 5.15 Å². The van der Waals surface area contributed by atoms with Crippen LogP contribution in [0.15, 0.2) is 24.3 Å². The minimum atomic E-state index is -4.14. The van der Waals surface area contributed by atoms with E-state index < -0.39 is 21.2 Å². The highest BCUT2D eigenvalue weighted by atomic mass is 35.5. The van der Waals surface area contributed by atoms with Gasteiger partial charge in [-0.05, 0) is 19.1 Å². The molecule has 1 aromatic carbocycles. The number of carboxylic acid groups (broad SMARTS) is 1.